The van der Waals surface area contributed by atoms with E-state index in [9.17, 15) is 13.2 Å². The first-order chi connectivity index (χ1) is 11.9. The fraction of sp³-hybridized carbons (Fsp3) is 0.188. The van der Waals surface area contributed by atoms with E-state index in [-0.39, 0.29) is 0 Å². The van der Waals surface area contributed by atoms with Gasteiger partial charge in [0.2, 0.25) is 11.7 Å². The largest absolute Gasteiger partial charge is 0.417 e. The third kappa shape index (κ3) is 4.48. The van der Waals surface area contributed by atoms with E-state index >= 15 is 0 Å². The van der Waals surface area contributed by atoms with E-state index in [4.69, 9.17) is 16.1 Å². The molecule has 0 saturated heterocycles. The van der Waals surface area contributed by atoms with Crippen LogP contribution in [0.3, 0.4) is 0 Å². The number of hydrogen-bond acceptors (Lipinski definition) is 5. The van der Waals surface area contributed by atoms with Crippen LogP contribution in [0, 0.1) is 0 Å². The molecule has 130 valence electrons. The quantitative estimate of drug-likeness (QED) is 0.720. The average Bonchev–Trinajstić information content (AvgIpc) is 3.04. The van der Waals surface area contributed by atoms with Crippen molar-refractivity contribution in [2.45, 2.75) is 12.6 Å². The van der Waals surface area contributed by atoms with Crippen molar-refractivity contribution in [2.75, 3.05) is 11.9 Å². The van der Waals surface area contributed by atoms with Gasteiger partial charge in [0.15, 0.2) is 0 Å². The van der Waals surface area contributed by atoms with Gasteiger partial charge in [-0.15, -0.1) is 0 Å². The molecule has 5 nitrogen and oxygen atoms in total. The molecule has 0 saturated carbocycles. The van der Waals surface area contributed by atoms with Gasteiger partial charge in [0.1, 0.15) is 5.82 Å². The van der Waals surface area contributed by atoms with Crippen molar-refractivity contribution in [1.82, 2.24) is 15.1 Å². The second-order valence-electron chi connectivity index (χ2n) is 5.13. The van der Waals surface area contributed by atoms with Crippen molar-refractivity contribution in [3.05, 3.63) is 59.1 Å². The molecular weight excluding hydrogens is 357 g/mol. The van der Waals surface area contributed by atoms with Gasteiger partial charge in [-0.1, -0.05) is 16.8 Å². The minimum atomic E-state index is -4.40. The first-order valence-electron chi connectivity index (χ1n) is 7.27. The Bertz CT molecular complexity index is 832. The lowest BCUT2D eigenvalue weighted by atomic mass is 10.2. The lowest BCUT2D eigenvalue weighted by Gasteiger charge is -2.07. The number of alkyl halides is 3. The Balaban J connectivity index is 1.55. The number of pyridine rings is 1. The van der Waals surface area contributed by atoms with Crippen molar-refractivity contribution in [3.63, 3.8) is 0 Å². The van der Waals surface area contributed by atoms with E-state index in [1.54, 1.807) is 24.3 Å². The summed E-state index contributed by atoms with van der Waals surface area (Å²) in [4.78, 5) is 7.98. The second-order valence-corrected chi connectivity index (χ2v) is 5.56. The Hall–Kier alpha value is -2.61. The molecule has 0 fully saturated rings. The molecule has 0 radical (unpaired) electrons. The van der Waals surface area contributed by atoms with Gasteiger partial charge < -0.3 is 9.84 Å². The highest BCUT2D eigenvalue weighted by molar-refractivity contribution is 6.30. The summed E-state index contributed by atoms with van der Waals surface area (Å²) in [5.41, 5.74) is -0.0145. The zero-order valence-corrected chi connectivity index (χ0v) is 13.5. The van der Waals surface area contributed by atoms with Crippen LogP contribution in [0.15, 0.2) is 47.1 Å². The van der Waals surface area contributed by atoms with Crippen LogP contribution in [0.1, 0.15) is 11.5 Å². The van der Waals surface area contributed by atoms with Crippen LogP contribution in [-0.2, 0) is 12.6 Å². The number of halogens is 4. The molecule has 9 heteroatoms. The molecule has 0 aliphatic rings. The van der Waals surface area contributed by atoms with E-state index in [2.05, 4.69) is 20.4 Å². The Morgan fingerprint density at radius 3 is 2.48 bits per heavy atom. The van der Waals surface area contributed by atoms with Gasteiger partial charge in [0, 0.05) is 29.7 Å². The zero-order chi connectivity index (χ0) is 17.9. The summed E-state index contributed by atoms with van der Waals surface area (Å²) in [6, 6.07) is 9.26. The lowest BCUT2D eigenvalue weighted by molar-refractivity contribution is -0.137. The Labute approximate surface area is 145 Å². The number of rotatable bonds is 5. The molecule has 0 aliphatic carbocycles. The van der Waals surface area contributed by atoms with Crippen LogP contribution < -0.4 is 5.32 Å². The summed E-state index contributed by atoms with van der Waals surface area (Å²) >= 11 is 5.82. The SMILES string of the molecule is FC(F)(F)c1ccc(NCCc2nc(-c3ccc(Cl)cc3)no2)nc1. The molecule has 25 heavy (non-hydrogen) atoms. The van der Waals surface area contributed by atoms with E-state index in [0.717, 1.165) is 17.8 Å². The van der Waals surface area contributed by atoms with Crippen molar-refractivity contribution in [1.29, 1.82) is 0 Å². The topological polar surface area (TPSA) is 63.8 Å². The number of nitrogens with one attached hydrogen (secondary N) is 1. The summed E-state index contributed by atoms with van der Waals surface area (Å²) in [6.45, 7) is 0.389. The van der Waals surface area contributed by atoms with E-state index < -0.39 is 11.7 Å². The second kappa shape index (κ2) is 7.10. The smallest absolute Gasteiger partial charge is 0.370 e. The molecule has 1 aromatic carbocycles. The molecule has 0 bridgehead atoms. The van der Waals surface area contributed by atoms with Crippen LogP contribution in [0.2, 0.25) is 5.02 Å². The number of aromatic nitrogens is 3. The average molecular weight is 369 g/mol. The standard InChI is InChI=1S/C16H12ClF3N4O/c17-12-4-1-10(2-5-12)15-23-14(25-24-15)7-8-21-13-6-3-11(9-22-13)16(18,19)20/h1-6,9H,7-8H2,(H,21,22). The maximum atomic E-state index is 12.5. The predicted molar refractivity (Wildman–Crippen MR) is 86.2 cm³/mol. The van der Waals surface area contributed by atoms with Crippen LogP contribution in [0.25, 0.3) is 11.4 Å². The number of benzene rings is 1. The number of anilines is 1. The molecule has 2 heterocycles. The van der Waals surface area contributed by atoms with Gasteiger partial charge in [-0.25, -0.2) is 4.98 Å². The van der Waals surface area contributed by atoms with Crippen molar-refractivity contribution in [3.8, 4) is 11.4 Å². The minimum absolute atomic E-state index is 0.338. The molecular formula is C16H12ClF3N4O. The molecule has 2 aromatic heterocycles. The van der Waals surface area contributed by atoms with Crippen LogP contribution in [0.4, 0.5) is 19.0 Å². The third-order valence-corrected chi connectivity index (χ3v) is 3.56. The normalized spacial score (nSPS) is 11.5. The van der Waals surface area contributed by atoms with E-state index in [1.165, 1.54) is 6.07 Å². The van der Waals surface area contributed by atoms with E-state index in [1.807, 2.05) is 0 Å². The van der Waals surface area contributed by atoms with Crippen LogP contribution in [0.5, 0.6) is 0 Å². The monoisotopic (exact) mass is 368 g/mol. The van der Waals surface area contributed by atoms with Crippen molar-refractivity contribution < 1.29 is 17.7 Å². The van der Waals surface area contributed by atoms with E-state index in [0.29, 0.717) is 35.5 Å². The lowest BCUT2D eigenvalue weighted by Crippen LogP contribution is -2.09. The summed E-state index contributed by atoms with van der Waals surface area (Å²) in [5, 5.41) is 7.40. The van der Waals surface area contributed by atoms with Gasteiger partial charge in [-0.3, -0.25) is 0 Å². The summed E-state index contributed by atoms with van der Waals surface area (Å²) in [6.07, 6.45) is -3.20. The van der Waals surface area contributed by atoms with Gasteiger partial charge in [0.25, 0.3) is 0 Å². The van der Waals surface area contributed by atoms with Crippen molar-refractivity contribution >= 4 is 17.4 Å². The molecule has 3 rings (SSSR count). The Kier molecular flexibility index (Phi) is 4.89. The fourth-order valence-electron chi connectivity index (χ4n) is 2.04. The highest BCUT2D eigenvalue weighted by Crippen LogP contribution is 2.28. The van der Waals surface area contributed by atoms with Gasteiger partial charge in [-0.05, 0) is 36.4 Å². The first-order valence-corrected chi connectivity index (χ1v) is 7.65. The third-order valence-electron chi connectivity index (χ3n) is 3.31. The molecule has 1 N–H and O–H groups in total. The Morgan fingerprint density at radius 1 is 1.08 bits per heavy atom. The van der Waals surface area contributed by atoms with Crippen LogP contribution >= 0.6 is 11.6 Å². The molecule has 0 atom stereocenters. The van der Waals surface area contributed by atoms with Gasteiger partial charge in [-0.2, -0.15) is 18.2 Å². The van der Waals surface area contributed by atoms with Crippen LogP contribution in [-0.4, -0.2) is 21.7 Å². The highest BCUT2D eigenvalue weighted by atomic mass is 35.5. The summed E-state index contributed by atoms with van der Waals surface area (Å²) < 4.78 is 42.5. The molecule has 3 aromatic rings. The van der Waals surface area contributed by atoms with Crippen molar-refractivity contribution in [2.24, 2.45) is 0 Å². The minimum Gasteiger partial charge on any atom is -0.370 e. The maximum absolute atomic E-state index is 12.5. The fourth-order valence-corrected chi connectivity index (χ4v) is 2.16. The summed E-state index contributed by atoms with van der Waals surface area (Å²) in [5.74, 6) is 1.19. The maximum Gasteiger partial charge on any atom is 0.417 e. The zero-order valence-electron chi connectivity index (χ0n) is 12.7. The highest BCUT2D eigenvalue weighted by Gasteiger charge is 2.30. The molecule has 0 aliphatic heterocycles. The molecule has 0 amide bonds. The molecule has 0 unspecified atom stereocenters. The molecule has 0 spiro atoms. The van der Waals surface area contributed by atoms with Gasteiger partial charge in [0.05, 0.1) is 5.56 Å². The number of hydrogen-bond donors (Lipinski definition) is 1. The Morgan fingerprint density at radius 2 is 1.84 bits per heavy atom. The number of nitrogens with zero attached hydrogens (tertiary/aromatic N) is 3. The predicted octanol–water partition coefficient (Wildman–Crippen LogP) is 4.46. The van der Waals surface area contributed by atoms with Gasteiger partial charge >= 0.3 is 6.18 Å². The first kappa shape index (κ1) is 17.2. The summed E-state index contributed by atoms with van der Waals surface area (Å²) in [7, 11) is 0.